The number of rotatable bonds is 9. The van der Waals surface area contributed by atoms with Gasteiger partial charge in [0.15, 0.2) is 17.4 Å². The van der Waals surface area contributed by atoms with Crippen LogP contribution in [0.2, 0.25) is 0 Å². The summed E-state index contributed by atoms with van der Waals surface area (Å²) < 4.78 is 16.4. The van der Waals surface area contributed by atoms with Crippen LogP contribution < -0.4 is 14.8 Å². The third-order valence-electron chi connectivity index (χ3n) is 4.53. The molecule has 6 heteroatoms. The SMILES string of the molecule is COc1ccc(CCC(=O)NCCCc2oc(C(C)(C)C)nc2C)cc1OC. The minimum Gasteiger partial charge on any atom is -0.493 e. The number of amides is 1. The molecule has 154 valence electrons. The summed E-state index contributed by atoms with van der Waals surface area (Å²) in [6.45, 7) is 8.84. The van der Waals surface area contributed by atoms with Gasteiger partial charge in [0.2, 0.25) is 5.91 Å². The van der Waals surface area contributed by atoms with Crippen molar-refractivity contribution in [2.45, 2.75) is 58.8 Å². The van der Waals surface area contributed by atoms with Gasteiger partial charge in [0.1, 0.15) is 5.76 Å². The molecule has 0 bridgehead atoms. The average Bonchev–Trinajstić information content (AvgIpc) is 3.04. The first-order valence-electron chi connectivity index (χ1n) is 9.69. The van der Waals surface area contributed by atoms with Gasteiger partial charge in [0.05, 0.1) is 19.9 Å². The summed E-state index contributed by atoms with van der Waals surface area (Å²) in [4.78, 5) is 16.6. The number of hydrogen-bond donors (Lipinski definition) is 1. The summed E-state index contributed by atoms with van der Waals surface area (Å²) in [6, 6.07) is 5.72. The first-order chi connectivity index (χ1) is 13.2. The summed E-state index contributed by atoms with van der Waals surface area (Å²) in [5, 5.41) is 2.97. The molecule has 0 saturated carbocycles. The zero-order valence-corrected chi connectivity index (χ0v) is 17.8. The largest absolute Gasteiger partial charge is 0.493 e. The van der Waals surface area contributed by atoms with Crippen molar-refractivity contribution in [2.75, 3.05) is 20.8 Å². The van der Waals surface area contributed by atoms with E-state index in [4.69, 9.17) is 13.9 Å². The van der Waals surface area contributed by atoms with Gasteiger partial charge in [-0.1, -0.05) is 26.8 Å². The van der Waals surface area contributed by atoms with Gasteiger partial charge in [-0.15, -0.1) is 0 Å². The first kappa shape index (κ1) is 21.8. The molecule has 0 fully saturated rings. The van der Waals surface area contributed by atoms with E-state index in [1.807, 2.05) is 25.1 Å². The number of ether oxygens (including phenoxy) is 2. The topological polar surface area (TPSA) is 73.6 Å². The van der Waals surface area contributed by atoms with Crippen LogP contribution >= 0.6 is 0 Å². The third kappa shape index (κ3) is 6.01. The first-order valence-corrected chi connectivity index (χ1v) is 9.69. The number of methoxy groups -OCH3 is 2. The quantitative estimate of drug-likeness (QED) is 0.658. The highest BCUT2D eigenvalue weighted by Gasteiger charge is 2.22. The number of oxazole rings is 1. The molecule has 0 saturated heterocycles. The predicted molar refractivity (Wildman–Crippen MR) is 109 cm³/mol. The van der Waals surface area contributed by atoms with Crippen molar-refractivity contribution in [1.29, 1.82) is 0 Å². The van der Waals surface area contributed by atoms with Gasteiger partial charge in [-0.05, 0) is 37.5 Å². The lowest BCUT2D eigenvalue weighted by molar-refractivity contribution is -0.121. The summed E-state index contributed by atoms with van der Waals surface area (Å²) in [6.07, 6.45) is 2.68. The second-order valence-electron chi connectivity index (χ2n) is 7.92. The van der Waals surface area contributed by atoms with Gasteiger partial charge in [-0.3, -0.25) is 4.79 Å². The van der Waals surface area contributed by atoms with Gasteiger partial charge in [-0.2, -0.15) is 0 Å². The van der Waals surface area contributed by atoms with Gasteiger partial charge >= 0.3 is 0 Å². The summed E-state index contributed by atoms with van der Waals surface area (Å²) in [5.41, 5.74) is 1.88. The van der Waals surface area contributed by atoms with E-state index in [2.05, 4.69) is 31.1 Å². The molecule has 0 spiro atoms. The van der Waals surface area contributed by atoms with Gasteiger partial charge in [0.25, 0.3) is 0 Å². The fourth-order valence-electron chi connectivity index (χ4n) is 2.84. The van der Waals surface area contributed by atoms with Crippen molar-refractivity contribution < 1.29 is 18.7 Å². The number of nitrogens with zero attached hydrogens (tertiary/aromatic N) is 1. The Bertz CT molecular complexity index is 790. The molecule has 0 unspecified atom stereocenters. The summed E-state index contributed by atoms with van der Waals surface area (Å²) >= 11 is 0. The van der Waals surface area contributed by atoms with Crippen LogP contribution in [0.1, 0.15) is 56.5 Å². The fraction of sp³-hybridized carbons (Fsp3) is 0.545. The molecule has 1 aromatic carbocycles. The molecule has 6 nitrogen and oxygen atoms in total. The highest BCUT2D eigenvalue weighted by molar-refractivity contribution is 5.76. The van der Waals surface area contributed by atoms with Crippen LogP contribution in [0, 0.1) is 6.92 Å². The lowest BCUT2D eigenvalue weighted by Gasteiger charge is -2.12. The van der Waals surface area contributed by atoms with E-state index in [0.29, 0.717) is 30.9 Å². The van der Waals surface area contributed by atoms with E-state index in [1.165, 1.54) is 0 Å². The van der Waals surface area contributed by atoms with Gasteiger partial charge in [-0.25, -0.2) is 4.98 Å². The summed E-state index contributed by atoms with van der Waals surface area (Å²) in [5.74, 6) is 3.08. The number of aromatic nitrogens is 1. The minimum atomic E-state index is -0.0959. The van der Waals surface area contributed by atoms with Crippen LogP contribution in [0.15, 0.2) is 22.6 Å². The third-order valence-corrected chi connectivity index (χ3v) is 4.53. The van der Waals surface area contributed by atoms with E-state index in [1.54, 1.807) is 14.2 Å². The van der Waals surface area contributed by atoms with Crippen LogP contribution in [0.25, 0.3) is 0 Å². The Morgan fingerprint density at radius 2 is 1.86 bits per heavy atom. The molecule has 0 radical (unpaired) electrons. The summed E-state index contributed by atoms with van der Waals surface area (Å²) in [7, 11) is 3.21. The second-order valence-corrected chi connectivity index (χ2v) is 7.92. The van der Waals surface area contributed by atoms with E-state index in [0.717, 1.165) is 35.7 Å². The molecule has 2 rings (SSSR count). The van der Waals surface area contributed by atoms with Gasteiger partial charge in [0, 0.05) is 24.8 Å². The Morgan fingerprint density at radius 3 is 2.46 bits per heavy atom. The number of carbonyl (C=O) groups excluding carboxylic acids is 1. The maximum Gasteiger partial charge on any atom is 0.220 e. The molecule has 1 aromatic heterocycles. The normalized spacial score (nSPS) is 11.4. The molecule has 0 atom stereocenters. The van der Waals surface area contributed by atoms with Crippen LogP contribution in [0.4, 0.5) is 0 Å². The van der Waals surface area contributed by atoms with Crippen molar-refractivity contribution in [3.05, 3.63) is 41.1 Å². The molecular weight excluding hydrogens is 356 g/mol. The van der Waals surface area contributed by atoms with Crippen molar-refractivity contribution in [1.82, 2.24) is 10.3 Å². The Morgan fingerprint density at radius 1 is 1.14 bits per heavy atom. The van der Waals surface area contributed by atoms with E-state index in [-0.39, 0.29) is 11.3 Å². The van der Waals surface area contributed by atoms with Crippen LogP contribution in [-0.2, 0) is 23.1 Å². The number of aryl methyl sites for hydroxylation is 3. The highest BCUT2D eigenvalue weighted by atomic mass is 16.5. The predicted octanol–water partition coefficient (Wildman–Crippen LogP) is 3.98. The van der Waals surface area contributed by atoms with Crippen molar-refractivity contribution in [3.63, 3.8) is 0 Å². The van der Waals surface area contributed by atoms with Crippen molar-refractivity contribution in [3.8, 4) is 11.5 Å². The zero-order chi connectivity index (χ0) is 20.7. The zero-order valence-electron chi connectivity index (χ0n) is 17.8. The molecule has 28 heavy (non-hydrogen) atoms. The molecule has 2 aromatic rings. The fourth-order valence-corrected chi connectivity index (χ4v) is 2.84. The molecular formula is C22H32N2O4. The monoisotopic (exact) mass is 388 g/mol. The van der Waals surface area contributed by atoms with Crippen LogP contribution in [-0.4, -0.2) is 31.7 Å². The van der Waals surface area contributed by atoms with E-state index < -0.39 is 0 Å². The van der Waals surface area contributed by atoms with Crippen molar-refractivity contribution >= 4 is 5.91 Å². The average molecular weight is 389 g/mol. The number of carbonyl (C=O) groups is 1. The Balaban J connectivity index is 1.74. The van der Waals surface area contributed by atoms with Crippen LogP contribution in [0.5, 0.6) is 11.5 Å². The maximum absolute atomic E-state index is 12.1. The lowest BCUT2D eigenvalue weighted by atomic mass is 9.97. The Kier molecular flexibility index (Phi) is 7.49. The maximum atomic E-state index is 12.1. The standard InChI is InChI=1S/C22H32N2O4/c1-15-17(28-21(24-15)22(2,3)4)8-7-13-23-20(25)12-10-16-9-11-18(26-5)19(14-16)27-6/h9,11,14H,7-8,10,12-13H2,1-6H3,(H,23,25). The molecule has 1 N–H and O–H groups in total. The second kappa shape index (κ2) is 9.62. The number of benzene rings is 1. The van der Waals surface area contributed by atoms with E-state index >= 15 is 0 Å². The molecule has 0 aliphatic heterocycles. The lowest BCUT2D eigenvalue weighted by Crippen LogP contribution is -2.25. The van der Waals surface area contributed by atoms with Crippen LogP contribution in [0.3, 0.4) is 0 Å². The smallest absolute Gasteiger partial charge is 0.220 e. The number of hydrogen-bond acceptors (Lipinski definition) is 5. The van der Waals surface area contributed by atoms with Crippen molar-refractivity contribution in [2.24, 2.45) is 0 Å². The molecule has 1 heterocycles. The molecule has 1 amide bonds. The molecule has 0 aliphatic carbocycles. The minimum absolute atomic E-state index is 0.0412. The Hall–Kier alpha value is -2.50. The highest BCUT2D eigenvalue weighted by Crippen LogP contribution is 2.28. The number of nitrogens with one attached hydrogen (secondary N) is 1. The molecule has 0 aliphatic rings. The van der Waals surface area contributed by atoms with Gasteiger partial charge < -0.3 is 19.2 Å². The van der Waals surface area contributed by atoms with E-state index in [9.17, 15) is 4.79 Å². The Labute approximate surface area is 167 Å².